The van der Waals surface area contributed by atoms with Gasteiger partial charge in [-0.15, -0.1) is 0 Å². The van der Waals surface area contributed by atoms with E-state index in [2.05, 4.69) is 54.9 Å². The monoisotopic (exact) mass is 244 g/mol. The third-order valence-electron chi connectivity index (χ3n) is 3.52. The van der Waals surface area contributed by atoms with E-state index < -0.39 is 0 Å². The molecule has 0 spiro atoms. The van der Waals surface area contributed by atoms with Crippen molar-refractivity contribution in [3.63, 3.8) is 0 Å². The molecule has 2 rings (SSSR count). The lowest BCUT2D eigenvalue weighted by atomic mass is 10.1. The molecule has 2 nitrogen and oxygen atoms in total. The Balaban J connectivity index is 2.45. The summed E-state index contributed by atoms with van der Waals surface area (Å²) in [7, 11) is 2.02. The number of para-hydroxylation sites is 1. The Bertz CT molecular complexity index is 523. The average molecular weight is 244 g/mol. The van der Waals surface area contributed by atoms with Crippen molar-refractivity contribution in [2.24, 2.45) is 0 Å². The van der Waals surface area contributed by atoms with Crippen LogP contribution in [0.5, 0.6) is 0 Å². The highest BCUT2D eigenvalue weighted by Crippen LogP contribution is 2.27. The van der Waals surface area contributed by atoms with Crippen LogP contribution in [0.2, 0.25) is 0 Å². The van der Waals surface area contributed by atoms with Crippen LogP contribution in [0.1, 0.15) is 37.6 Å². The number of hydrogen-bond acceptors (Lipinski definition) is 1. The molecule has 0 aliphatic carbocycles. The molecule has 0 saturated carbocycles. The molecule has 0 atom stereocenters. The van der Waals surface area contributed by atoms with Crippen LogP contribution < -0.4 is 5.32 Å². The van der Waals surface area contributed by atoms with Crippen molar-refractivity contribution in [2.75, 3.05) is 13.6 Å². The largest absolute Gasteiger partial charge is 0.342 e. The van der Waals surface area contributed by atoms with Crippen molar-refractivity contribution in [1.82, 2.24) is 9.88 Å². The second kappa shape index (κ2) is 5.57. The number of aryl methyl sites for hydroxylation is 2. The van der Waals surface area contributed by atoms with Crippen molar-refractivity contribution in [1.29, 1.82) is 0 Å². The van der Waals surface area contributed by atoms with E-state index in [1.165, 1.54) is 28.6 Å². The van der Waals surface area contributed by atoms with Crippen LogP contribution >= 0.6 is 0 Å². The SMILES string of the molecule is CNCCCc1cc2cccc(C)c2n1C(C)C. The first-order valence-corrected chi connectivity index (χ1v) is 6.89. The second-order valence-electron chi connectivity index (χ2n) is 5.32. The number of fused-ring (bicyclic) bond motifs is 1. The van der Waals surface area contributed by atoms with Gasteiger partial charge in [0.05, 0.1) is 5.52 Å². The minimum Gasteiger partial charge on any atom is -0.342 e. The van der Waals surface area contributed by atoms with E-state index in [9.17, 15) is 0 Å². The summed E-state index contributed by atoms with van der Waals surface area (Å²) in [6, 6.07) is 9.47. The molecule has 98 valence electrons. The Morgan fingerprint density at radius 1 is 1.28 bits per heavy atom. The van der Waals surface area contributed by atoms with Gasteiger partial charge < -0.3 is 9.88 Å². The van der Waals surface area contributed by atoms with E-state index in [1.807, 2.05) is 7.05 Å². The molecule has 1 aromatic carbocycles. The third-order valence-corrected chi connectivity index (χ3v) is 3.52. The molecule has 0 saturated heterocycles. The Hall–Kier alpha value is -1.28. The van der Waals surface area contributed by atoms with E-state index in [-0.39, 0.29) is 0 Å². The quantitative estimate of drug-likeness (QED) is 0.794. The summed E-state index contributed by atoms with van der Waals surface area (Å²) in [4.78, 5) is 0. The molecular formula is C16H24N2. The van der Waals surface area contributed by atoms with Gasteiger partial charge in [0.25, 0.3) is 0 Å². The zero-order valence-electron chi connectivity index (χ0n) is 12.0. The number of nitrogens with zero attached hydrogens (tertiary/aromatic N) is 1. The first-order chi connectivity index (χ1) is 8.65. The first kappa shape index (κ1) is 13.2. The lowest BCUT2D eigenvalue weighted by Crippen LogP contribution is -2.11. The predicted molar refractivity (Wildman–Crippen MR) is 79.3 cm³/mol. The summed E-state index contributed by atoms with van der Waals surface area (Å²) < 4.78 is 2.50. The van der Waals surface area contributed by atoms with Crippen LogP contribution in [0.15, 0.2) is 24.3 Å². The zero-order chi connectivity index (χ0) is 13.1. The molecular weight excluding hydrogens is 220 g/mol. The Kier molecular flexibility index (Phi) is 4.07. The second-order valence-corrected chi connectivity index (χ2v) is 5.32. The van der Waals surface area contributed by atoms with Crippen LogP contribution in [0.25, 0.3) is 10.9 Å². The average Bonchev–Trinajstić information content (AvgIpc) is 2.69. The van der Waals surface area contributed by atoms with E-state index >= 15 is 0 Å². The fourth-order valence-corrected chi connectivity index (χ4v) is 2.75. The highest BCUT2D eigenvalue weighted by molar-refractivity contribution is 5.84. The summed E-state index contributed by atoms with van der Waals surface area (Å²) in [6.07, 6.45) is 2.34. The molecule has 0 bridgehead atoms. The van der Waals surface area contributed by atoms with E-state index in [4.69, 9.17) is 0 Å². The fraction of sp³-hybridized carbons (Fsp3) is 0.500. The molecule has 0 aliphatic heterocycles. The lowest BCUT2D eigenvalue weighted by Gasteiger charge is -2.16. The Morgan fingerprint density at radius 2 is 2.06 bits per heavy atom. The van der Waals surface area contributed by atoms with Crippen molar-refractivity contribution in [2.45, 2.75) is 39.7 Å². The smallest absolute Gasteiger partial charge is 0.0514 e. The zero-order valence-corrected chi connectivity index (χ0v) is 12.0. The number of hydrogen-bond donors (Lipinski definition) is 1. The molecule has 1 aromatic heterocycles. The minimum atomic E-state index is 0.521. The summed E-state index contributed by atoms with van der Waals surface area (Å²) >= 11 is 0. The summed E-state index contributed by atoms with van der Waals surface area (Å²) in [5, 5.41) is 4.60. The van der Waals surface area contributed by atoms with Crippen molar-refractivity contribution >= 4 is 10.9 Å². The van der Waals surface area contributed by atoms with Crippen LogP contribution in [-0.2, 0) is 6.42 Å². The maximum absolute atomic E-state index is 3.22. The van der Waals surface area contributed by atoms with E-state index in [1.54, 1.807) is 0 Å². The Labute approximate surface area is 110 Å². The first-order valence-electron chi connectivity index (χ1n) is 6.89. The van der Waals surface area contributed by atoms with Gasteiger partial charge in [-0.05, 0) is 58.8 Å². The van der Waals surface area contributed by atoms with Gasteiger partial charge in [0.15, 0.2) is 0 Å². The van der Waals surface area contributed by atoms with Gasteiger partial charge in [-0.1, -0.05) is 18.2 Å². The predicted octanol–water partition coefficient (Wildman–Crippen LogP) is 3.68. The minimum absolute atomic E-state index is 0.521. The molecule has 0 radical (unpaired) electrons. The number of rotatable bonds is 5. The van der Waals surface area contributed by atoms with Crippen LogP contribution in [0.4, 0.5) is 0 Å². The highest BCUT2D eigenvalue weighted by Gasteiger charge is 2.12. The maximum Gasteiger partial charge on any atom is 0.0514 e. The standard InChI is InChI=1S/C16H24N2/c1-12(2)18-15(9-6-10-17-4)11-14-8-5-7-13(3)16(14)18/h5,7-8,11-12,17H,6,9-10H2,1-4H3. The van der Waals surface area contributed by atoms with Gasteiger partial charge in [0.1, 0.15) is 0 Å². The van der Waals surface area contributed by atoms with Crippen LogP contribution in [0.3, 0.4) is 0 Å². The topological polar surface area (TPSA) is 17.0 Å². The van der Waals surface area contributed by atoms with Gasteiger partial charge in [-0.3, -0.25) is 0 Å². The van der Waals surface area contributed by atoms with Gasteiger partial charge in [-0.25, -0.2) is 0 Å². The molecule has 18 heavy (non-hydrogen) atoms. The summed E-state index contributed by atoms with van der Waals surface area (Å²) in [5.41, 5.74) is 4.25. The molecule has 2 aromatic rings. The van der Waals surface area contributed by atoms with E-state index in [0.717, 1.165) is 13.0 Å². The number of nitrogens with one attached hydrogen (secondary N) is 1. The molecule has 1 heterocycles. The fourth-order valence-electron chi connectivity index (χ4n) is 2.75. The molecule has 2 heteroatoms. The third kappa shape index (κ3) is 2.44. The van der Waals surface area contributed by atoms with Gasteiger partial charge in [0.2, 0.25) is 0 Å². The molecule has 0 aliphatic rings. The van der Waals surface area contributed by atoms with Gasteiger partial charge in [-0.2, -0.15) is 0 Å². The summed E-state index contributed by atoms with van der Waals surface area (Å²) in [5.74, 6) is 0. The lowest BCUT2D eigenvalue weighted by molar-refractivity contribution is 0.581. The number of aromatic nitrogens is 1. The van der Waals surface area contributed by atoms with Crippen LogP contribution in [0, 0.1) is 6.92 Å². The van der Waals surface area contributed by atoms with E-state index in [0.29, 0.717) is 6.04 Å². The summed E-state index contributed by atoms with van der Waals surface area (Å²) in [6.45, 7) is 7.83. The van der Waals surface area contributed by atoms with Crippen molar-refractivity contribution in [3.05, 3.63) is 35.5 Å². The normalized spacial score (nSPS) is 11.6. The Morgan fingerprint density at radius 3 is 2.72 bits per heavy atom. The van der Waals surface area contributed by atoms with Crippen LogP contribution in [-0.4, -0.2) is 18.2 Å². The van der Waals surface area contributed by atoms with Crippen molar-refractivity contribution in [3.8, 4) is 0 Å². The van der Waals surface area contributed by atoms with Gasteiger partial charge in [0, 0.05) is 17.1 Å². The van der Waals surface area contributed by atoms with Gasteiger partial charge >= 0.3 is 0 Å². The molecule has 0 unspecified atom stereocenters. The number of benzene rings is 1. The molecule has 1 N–H and O–H groups in total. The molecule has 0 fully saturated rings. The van der Waals surface area contributed by atoms with Crippen molar-refractivity contribution < 1.29 is 0 Å². The highest BCUT2D eigenvalue weighted by atomic mass is 15.0. The molecule has 0 amide bonds. The maximum atomic E-state index is 3.22.